The molecule has 1 aliphatic rings. The summed E-state index contributed by atoms with van der Waals surface area (Å²) in [4.78, 5) is 19.6. The second-order valence-corrected chi connectivity index (χ2v) is 8.91. The quantitative estimate of drug-likeness (QED) is 0.754. The number of nitrogens with zero attached hydrogens (tertiary/aromatic N) is 2. The summed E-state index contributed by atoms with van der Waals surface area (Å²) in [6.07, 6.45) is 0.430. The van der Waals surface area contributed by atoms with E-state index in [1.54, 1.807) is 38.1 Å². The number of hydrogen-bond acceptors (Lipinski definition) is 6. The van der Waals surface area contributed by atoms with Crippen molar-refractivity contribution >= 4 is 34.0 Å². The maximum absolute atomic E-state index is 12.7. The predicted molar refractivity (Wildman–Crippen MR) is 112 cm³/mol. The number of thiazole rings is 1. The van der Waals surface area contributed by atoms with Gasteiger partial charge in [-0.3, -0.25) is 15.0 Å². The average Bonchev–Trinajstić information content (AvgIpc) is 3.02. The van der Waals surface area contributed by atoms with Crippen LogP contribution in [0.2, 0.25) is 5.02 Å². The van der Waals surface area contributed by atoms with Gasteiger partial charge in [0, 0.05) is 30.0 Å². The van der Waals surface area contributed by atoms with E-state index in [-0.39, 0.29) is 18.1 Å². The van der Waals surface area contributed by atoms with Gasteiger partial charge in [-0.05, 0) is 52.0 Å². The topological polar surface area (TPSA) is 63.7 Å². The summed E-state index contributed by atoms with van der Waals surface area (Å²) in [6, 6.07) is 6.93. The SMILES string of the molecule is CC1CN(Cc2csc(NC(=O)C(C)(C)Oc3ccc(Cl)cc3)n2)CC(C)O1. The molecule has 28 heavy (non-hydrogen) atoms. The number of carbonyl (C=O) groups is 1. The third-order valence-corrected chi connectivity index (χ3v) is 5.45. The number of anilines is 1. The van der Waals surface area contributed by atoms with Gasteiger partial charge in [0.2, 0.25) is 0 Å². The van der Waals surface area contributed by atoms with E-state index in [2.05, 4.69) is 29.0 Å². The van der Waals surface area contributed by atoms with Gasteiger partial charge in [0.15, 0.2) is 10.7 Å². The lowest BCUT2D eigenvalue weighted by Crippen LogP contribution is -2.44. The highest BCUT2D eigenvalue weighted by Crippen LogP contribution is 2.24. The van der Waals surface area contributed by atoms with Gasteiger partial charge in [-0.1, -0.05) is 11.6 Å². The largest absolute Gasteiger partial charge is 0.478 e. The molecule has 8 heteroatoms. The monoisotopic (exact) mass is 423 g/mol. The maximum atomic E-state index is 12.7. The molecule has 2 atom stereocenters. The zero-order valence-corrected chi connectivity index (χ0v) is 18.1. The van der Waals surface area contributed by atoms with Gasteiger partial charge in [0.1, 0.15) is 5.75 Å². The molecule has 0 aliphatic carbocycles. The highest BCUT2D eigenvalue weighted by atomic mass is 35.5. The number of aromatic nitrogens is 1. The molecular weight excluding hydrogens is 398 g/mol. The molecule has 1 fully saturated rings. The van der Waals surface area contributed by atoms with Crippen LogP contribution in [0.15, 0.2) is 29.6 Å². The minimum Gasteiger partial charge on any atom is -0.478 e. The van der Waals surface area contributed by atoms with Crippen molar-refractivity contribution < 1.29 is 14.3 Å². The van der Waals surface area contributed by atoms with Crippen LogP contribution in [0.4, 0.5) is 5.13 Å². The lowest BCUT2D eigenvalue weighted by molar-refractivity contribution is -0.128. The number of rotatable bonds is 6. The highest BCUT2D eigenvalue weighted by molar-refractivity contribution is 7.13. The maximum Gasteiger partial charge on any atom is 0.269 e. The number of carbonyl (C=O) groups excluding carboxylic acids is 1. The number of nitrogens with one attached hydrogen (secondary N) is 1. The van der Waals surface area contributed by atoms with Crippen molar-refractivity contribution in [3.05, 3.63) is 40.4 Å². The molecule has 0 bridgehead atoms. The predicted octanol–water partition coefficient (Wildman–Crippen LogP) is 4.20. The molecule has 1 aromatic carbocycles. The van der Waals surface area contributed by atoms with Gasteiger partial charge in [-0.15, -0.1) is 11.3 Å². The summed E-state index contributed by atoms with van der Waals surface area (Å²) in [6.45, 7) is 10.1. The molecule has 0 saturated carbocycles. The van der Waals surface area contributed by atoms with E-state index in [0.717, 1.165) is 25.3 Å². The van der Waals surface area contributed by atoms with Crippen molar-refractivity contribution in [2.45, 2.75) is 52.0 Å². The summed E-state index contributed by atoms with van der Waals surface area (Å²) in [5.74, 6) is 0.330. The lowest BCUT2D eigenvalue weighted by atomic mass is 10.1. The number of hydrogen-bond donors (Lipinski definition) is 1. The minimum atomic E-state index is -1.05. The zero-order valence-electron chi connectivity index (χ0n) is 16.6. The molecule has 152 valence electrons. The van der Waals surface area contributed by atoms with Crippen LogP contribution >= 0.6 is 22.9 Å². The Bertz CT molecular complexity index is 799. The van der Waals surface area contributed by atoms with Crippen LogP contribution in [-0.2, 0) is 16.1 Å². The van der Waals surface area contributed by atoms with Crippen molar-refractivity contribution in [2.24, 2.45) is 0 Å². The second-order valence-electron chi connectivity index (χ2n) is 7.62. The van der Waals surface area contributed by atoms with E-state index < -0.39 is 5.60 Å². The van der Waals surface area contributed by atoms with E-state index >= 15 is 0 Å². The van der Waals surface area contributed by atoms with Gasteiger partial charge in [0.25, 0.3) is 5.91 Å². The zero-order chi connectivity index (χ0) is 20.3. The molecule has 1 aromatic heterocycles. The van der Waals surface area contributed by atoms with Crippen LogP contribution in [0.25, 0.3) is 0 Å². The van der Waals surface area contributed by atoms with Crippen LogP contribution < -0.4 is 10.1 Å². The Hall–Kier alpha value is -1.67. The standard InChI is InChI=1S/C20H26ClN3O3S/c1-13-9-24(10-14(2)26-13)11-16-12-28-19(22-16)23-18(25)20(3,4)27-17-7-5-15(21)6-8-17/h5-8,12-14H,9-11H2,1-4H3,(H,22,23,25). The Labute approximate surface area is 174 Å². The Morgan fingerprint density at radius 2 is 1.96 bits per heavy atom. The molecule has 2 heterocycles. The van der Waals surface area contributed by atoms with E-state index in [1.807, 2.05) is 5.38 Å². The smallest absolute Gasteiger partial charge is 0.269 e. The molecule has 0 radical (unpaired) electrons. The second kappa shape index (κ2) is 8.78. The Kier molecular flexibility index (Phi) is 6.60. The van der Waals surface area contributed by atoms with Crippen molar-refractivity contribution in [3.8, 4) is 5.75 Å². The van der Waals surface area contributed by atoms with E-state index in [1.165, 1.54) is 11.3 Å². The van der Waals surface area contributed by atoms with Crippen molar-refractivity contribution in [1.82, 2.24) is 9.88 Å². The molecule has 2 aromatic rings. The molecule has 3 rings (SSSR count). The minimum absolute atomic E-state index is 0.215. The van der Waals surface area contributed by atoms with Gasteiger partial charge in [-0.25, -0.2) is 4.98 Å². The molecule has 0 spiro atoms. The van der Waals surface area contributed by atoms with E-state index in [9.17, 15) is 4.79 Å². The molecule has 1 aliphatic heterocycles. The van der Waals surface area contributed by atoms with E-state index in [0.29, 0.717) is 15.9 Å². The Balaban J connectivity index is 1.57. The van der Waals surface area contributed by atoms with Crippen molar-refractivity contribution in [2.75, 3.05) is 18.4 Å². The first-order valence-electron chi connectivity index (χ1n) is 9.29. The Morgan fingerprint density at radius 3 is 2.61 bits per heavy atom. The van der Waals surface area contributed by atoms with Crippen LogP contribution in [0.5, 0.6) is 5.75 Å². The molecular formula is C20H26ClN3O3S. The third kappa shape index (κ3) is 5.67. The van der Waals surface area contributed by atoms with Crippen LogP contribution in [0.1, 0.15) is 33.4 Å². The Morgan fingerprint density at radius 1 is 1.32 bits per heavy atom. The number of ether oxygens (including phenoxy) is 2. The number of halogens is 1. The molecule has 1 N–H and O–H groups in total. The first-order valence-corrected chi connectivity index (χ1v) is 10.6. The van der Waals surface area contributed by atoms with Crippen LogP contribution in [0.3, 0.4) is 0 Å². The van der Waals surface area contributed by atoms with Gasteiger partial charge in [0.05, 0.1) is 17.9 Å². The number of morpholine rings is 1. The normalized spacial score (nSPS) is 20.8. The summed E-state index contributed by atoms with van der Waals surface area (Å²) in [7, 11) is 0. The van der Waals surface area contributed by atoms with Crippen LogP contribution in [-0.4, -0.2) is 46.7 Å². The fourth-order valence-electron chi connectivity index (χ4n) is 3.17. The summed E-state index contributed by atoms with van der Waals surface area (Å²) >= 11 is 7.31. The fraction of sp³-hybridized carbons (Fsp3) is 0.500. The molecule has 1 amide bonds. The lowest BCUT2D eigenvalue weighted by Gasteiger charge is -2.34. The average molecular weight is 424 g/mol. The van der Waals surface area contributed by atoms with E-state index in [4.69, 9.17) is 21.1 Å². The van der Waals surface area contributed by atoms with Crippen molar-refractivity contribution in [3.63, 3.8) is 0 Å². The van der Waals surface area contributed by atoms with Gasteiger partial charge < -0.3 is 9.47 Å². The fourth-order valence-corrected chi connectivity index (χ4v) is 3.99. The number of amides is 1. The first kappa shape index (κ1) is 21.0. The van der Waals surface area contributed by atoms with Gasteiger partial charge >= 0.3 is 0 Å². The molecule has 2 unspecified atom stereocenters. The number of benzene rings is 1. The first-order chi connectivity index (χ1) is 13.2. The third-order valence-electron chi connectivity index (χ3n) is 4.39. The summed E-state index contributed by atoms with van der Waals surface area (Å²) < 4.78 is 11.6. The molecule has 1 saturated heterocycles. The van der Waals surface area contributed by atoms with Crippen molar-refractivity contribution in [1.29, 1.82) is 0 Å². The van der Waals surface area contributed by atoms with Gasteiger partial charge in [-0.2, -0.15) is 0 Å². The molecule has 6 nitrogen and oxygen atoms in total. The van der Waals surface area contributed by atoms with Crippen LogP contribution in [0, 0.1) is 0 Å². The summed E-state index contributed by atoms with van der Waals surface area (Å²) in [5, 5.41) is 6.03. The highest BCUT2D eigenvalue weighted by Gasteiger charge is 2.31. The summed E-state index contributed by atoms with van der Waals surface area (Å²) in [5.41, 5.74) is -0.104.